The minimum absolute atomic E-state index is 0.0707. The number of carbonyl (C=O) groups excluding carboxylic acids is 3. The molecular weight excluding hydrogens is 474 g/mol. The lowest BCUT2D eigenvalue weighted by Crippen LogP contribution is -2.37. The van der Waals surface area contributed by atoms with Crippen LogP contribution in [0.5, 0.6) is 17.2 Å². The maximum absolute atomic E-state index is 12.9. The summed E-state index contributed by atoms with van der Waals surface area (Å²) in [7, 11) is 1.39. The van der Waals surface area contributed by atoms with Crippen molar-refractivity contribution in [3.63, 3.8) is 0 Å². The fourth-order valence-electron chi connectivity index (χ4n) is 3.70. The maximum atomic E-state index is 12.9. The van der Waals surface area contributed by atoms with E-state index in [0.717, 1.165) is 18.4 Å². The Morgan fingerprint density at radius 2 is 1.86 bits per heavy atom. The number of Topliss-reactive ketones (excluding diaryl/α,β-unsaturated/α-hetero) is 1. The van der Waals surface area contributed by atoms with E-state index in [1.165, 1.54) is 26.3 Å². The van der Waals surface area contributed by atoms with Crippen LogP contribution in [-0.2, 0) is 14.3 Å². The van der Waals surface area contributed by atoms with Gasteiger partial charge in [-0.05, 0) is 50.3 Å². The molecule has 2 aromatic rings. The molecule has 3 rings (SSSR count). The molecule has 1 aromatic heterocycles. The first-order valence-electron chi connectivity index (χ1n) is 11.5. The minimum atomic E-state index is -0.758. The molecule has 1 fully saturated rings. The molecule has 1 aromatic carbocycles. The number of rotatable bonds is 11. The van der Waals surface area contributed by atoms with Crippen molar-refractivity contribution in [3.8, 4) is 17.2 Å². The van der Waals surface area contributed by atoms with Gasteiger partial charge in [0.15, 0.2) is 17.2 Å². The number of halogens is 1. The van der Waals surface area contributed by atoms with Gasteiger partial charge in [-0.25, -0.2) is 4.98 Å². The van der Waals surface area contributed by atoms with E-state index < -0.39 is 29.7 Å². The molecule has 35 heavy (non-hydrogen) atoms. The van der Waals surface area contributed by atoms with Crippen LogP contribution in [0, 0.1) is 18.8 Å². The quantitative estimate of drug-likeness (QED) is 0.313. The number of pyridine rings is 1. The number of benzene rings is 1. The molecule has 3 atom stereocenters. The average molecular weight is 504 g/mol. The summed E-state index contributed by atoms with van der Waals surface area (Å²) in [6.45, 7) is 6.53. The van der Waals surface area contributed by atoms with E-state index >= 15 is 0 Å². The molecule has 1 heterocycles. The largest absolute Gasteiger partial charge is 0.493 e. The smallest absolute Gasteiger partial charge is 0.309 e. The Labute approximate surface area is 209 Å². The van der Waals surface area contributed by atoms with Crippen LogP contribution in [0.2, 0.25) is 5.02 Å². The number of ether oxygens (including phenoxy) is 4. The predicted molar refractivity (Wildman–Crippen MR) is 129 cm³/mol. The molecule has 0 radical (unpaired) electrons. The number of aryl methyl sites for hydroxylation is 1. The van der Waals surface area contributed by atoms with Gasteiger partial charge in [-0.1, -0.05) is 24.6 Å². The van der Waals surface area contributed by atoms with Crippen molar-refractivity contribution in [3.05, 3.63) is 46.7 Å². The molecule has 0 N–H and O–H groups in total. The molecule has 1 aliphatic rings. The monoisotopic (exact) mass is 503 g/mol. The van der Waals surface area contributed by atoms with Gasteiger partial charge in [0, 0.05) is 25.6 Å². The zero-order valence-corrected chi connectivity index (χ0v) is 21.3. The summed E-state index contributed by atoms with van der Waals surface area (Å²) in [5.74, 6) is -1.45. The number of nitrogens with zero attached hydrogens (tertiary/aromatic N) is 1. The summed E-state index contributed by atoms with van der Waals surface area (Å²) in [6.07, 6.45) is 2.25. The second-order valence-corrected chi connectivity index (χ2v) is 9.22. The normalized spacial score (nSPS) is 15.5. The Morgan fingerprint density at radius 3 is 2.46 bits per heavy atom. The predicted octanol–water partition coefficient (Wildman–Crippen LogP) is 4.98. The number of carbonyl (C=O) groups is 3. The number of esters is 2. The van der Waals surface area contributed by atoms with Crippen LogP contribution in [0.25, 0.3) is 0 Å². The Bertz CT molecular complexity index is 1100. The van der Waals surface area contributed by atoms with Gasteiger partial charge < -0.3 is 18.9 Å². The summed E-state index contributed by atoms with van der Waals surface area (Å²) in [5.41, 5.74) is 0.936. The van der Waals surface area contributed by atoms with Crippen LogP contribution < -0.4 is 14.2 Å². The average Bonchev–Trinajstić information content (AvgIpc) is 3.63. The van der Waals surface area contributed by atoms with Crippen LogP contribution in [0.3, 0.4) is 0 Å². The Hall–Kier alpha value is -3.13. The highest BCUT2D eigenvalue weighted by Crippen LogP contribution is 2.39. The molecule has 0 unspecified atom stereocenters. The fourth-order valence-corrected chi connectivity index (χ4v) is 3.98. The van der Waals surface area contributed by atoms with E-state index in [9.17, 15) is 14.4 Å². The van der Waals surface area contributed by atoms with Crippen molar-refractivity contribution < 1.29 is 33.3 Å². The van der Waals surface area contributed by atoms with E-state index in [1.54, 1.807) is 13.8 Å². The van der Waals surface area contributed by atoms with Gasteiger partial charge in [-0.3, -0.25) is 14.4 Å². The van der Waals surface area contributed by atoms with Crippen molar-refractivity contribution in [2.45, 2.75) is 59.2 Å². The molecule has 9 heteroatoms. The molecule has 0 spiro atoms. The lowest BCUT2D eigenvalue weighted by molar-refractivity contribution is -0.157. The summed E-state index contributed by atoms with van der Waals surface area (Å²) in [5, 5.41) is 0.502. The number of methoxy groups -OCH3 is 1. The third-order valence-corrected chi connectivity index (χ3v) is 5.99. The van der Waals surface area contributed by atoms with Gasteiger partial charge in [0.2, 0.25) is 5.75 Å². The van der Waals surface area contributed by atoms with Crippen molar-refractivity contribution >= 4 is 29.3 Å². The first kappa shape index (κ1) is 26.5. The molecule has 0 amide bonds. The third kappa shape index (κ3) is 6.94. The number of hydrogen-bond donors (Lipinski definition) is 0. The minimum Gasteiger partial charge on any atom is -0.493 e. The molecule has 0 saturated heterocycles. The Kier molecular flexibility index (Phi) is 8.72. The van der Waals surface area contributed by atoms with Gasteiger partial charge in [0.25, 0.3) is 0 Å². The Morgan fingerprint density at radius 1 is 1.14 bits per heavy atom. The second-order valence-electron chi connectivity index (χ2n) is 8.81. The number of ketones is 1. The summed E-state index contributed by atoms with van der Waals surface area (Å²) < 4.78 is 22.2. The first-order valence-corrected chi connectivity index (χ1v) is 11.9. The fraction of sp³-hybridized carbons (Fsp3) is 0.462. The maximum Gasteiger partial charge on any atom is 0.309 e. The lowest BCUT2D eigenvalue weighted by Gasteiger charge is -2.26. The molecule has 8 nitrogen and oxygen atoms in total. The van der Waals surface area contributed by atoms with Crippen molar-refractivity contribution in [2.24, 2.45) is 11.8 Å². The van der Waals surface area contributed by atoms with E-state index in [2.05, 4.69) is 4.98 Å². The standard InChI is InChI=1S/C26H30ClNO7/c1-14-6-9-21(19(27)12-14)35-24(18-7-8-18)16(3)33-26(31)15(2)13-20(30)23-25(34-17(4)29)22(32-5)10-11-28-23/h6,9-12,15-16,18,24H,7-8,13H2,1-5H3/t15-,16+,24+/m1/s1. The summed E-state index contributed by atoms with van der Waals surface area (Å²) >= 11 is 6.32. The van der Waals surface area contributed by atoms with Crippen LogP contribution in [-0.4, -0.2) is 42.0 Å². The zero-order chi connectivity index (χ0) is 25.7. The van der Waals surface area contributed by atoms with Gasteiger partial charge in [0.1, 0.15) is 18.0 Å². The van der Waals surface area contributed by atoms with Crippen LogP contribution in [0.4, 0.5) is 0 Å². The first-order chi connectivity index (χ1) is 16.6. The highest BCUT2D eigenvalue weighted by molar-refractivity contribution is 6.32. The highest BCUT2D eigenvalue weighted by atomic mass is 35.5. The summed E-state index contributed by atoms with van der Waals surface area (Å²) in [4.78, 5) is 41.3. The molecule has 0 bridgehead atoms. The van der Waals surface area contributed by atoms with Crippen LogP contribution in [0.1, 0.15) is 56.1 Å². The lowest BCUT2D eigenvalue weighted by atomic mass is 10.0. The van der Waals surface area contributed by atoms with Crippen LogP contribution in [0.15, 0.2) is 30.5 Å². The van der Waals surface area contributed by atoms with Crippen molar-refractivity contribution in [2.75, 3.05) is 7.11 Å². The van der Waals surface area contributed by atoms with Gasteiger partial charge in [0.05, 0.1) is 18.1 Å². The topological polar surface area (TPSA) is 101 Å². The van der Waals surface area contributed by atoms with Crippen LogP contribution >= 0.6 is 11.6 Å². The van der Waals surface area contributed by atoms with E-state index in [4.69, 9.17) is 30.5 Å². The third-order valence-electron chi connectivity index (χ3n) is 5.69. The van der Waals surface area contributed by atoms with Crippen molar-refractivity contribution in [1.29, 1.82) is 0 Å². The highest BCUT2D eigenvalue weighted by Gasteiger charge is 2.39. The molecule has 188 valence electrons. The number of aromatic nitrogens is 1. The Balaban J connectivity index is 1.66. The molecule has 1 aliphatic carbocycles. The van der Waals surface area contributed by atoms with E-state index in [-0.39, 0.29) is 35.6 Å². The number of hydrogen-bond acceptors (Lipinski definition) is 8. The van der Waals surface area contributed by atoms with Gasteiger partial charge in [-0.2, -0.15) is 0 Å². The van der Waals surface area contributed by atoms with E-state index in [1.807, 2.05) is 25.1 Å². The zero-order valence-electron chi connectivity index (χ0n) is 20.5. The van der Waals surface area contributed by atoms with Gasteiger partial charge >= 0.3 is 11.9 Å². The SMILES string of the molecule is COc1ccnc(C(=O)C[C@@H](C)C(=O)O[C@@H](C)[C@H](Oc2ccc(C)cc2Cl)C2CC2)c1OC(C)=O. The summed E-state index contributed by atoms with van der Waals surface area (Å²) in [6, 6.07) is 7.02. The molecule has 1 saturated carbocycles. The van der Waals surface area contributed by atoms with E-state index in [0.29, 0.717) is 10.8 Å². The van der Waals surface area contributed by atoms with Crippen molar-refractivity contribution in [1.82, 2.24) is 4.98 Å². The molecular formula is C26H30ClNO7. The van der Waals surface area contributed by atoms with Gasteiger partial charge in [-0.15, -0.1) is 0 Å². The molecule has 0 aliphatic heterocycles. The second kappa shape index (κ2) is 11.5.